The molecule has 0 bridgehead atoms. The molecule has 2 amide bonds. The van der Waals surface area contributed by atoms with E-state index in [1.54, 1.807) is 4.90 Å². The molecule has 1 saturated heterocycles. The van der Waals surface area contributed by atoms with E-state index in [-0.39, 0.29) is 30.2 Å². The van der Waals surface area contributed by atoms with E-state index in [1.165, 1.54) is 0 Å². The molecule has 1 aromatic carbocycles. The van der Waals surface area contributed by atoms with Crippen molar-refractivity contribution in [2.75, 3.05) is 18.1 Å². The van der Waals surface area contributed by atoms with Gasteiger partial charge in [-0.2, -0.15) is 0 Å². The molecule has 1 heterocycles. The predicted molar refractivity (Wildman–Crippen MR) is 111 cm³/mol. The molecule has 0 aromatic heterocycles. The van der Waals surface area contributed by atoms with Crippen molar-refractivity contribution in [3.8, 4) is 5.75 Å². The molecule has 2 fully saturated rings. The van der Waals surface area contributed by atoms with Gasteiger partial charge in [0.1, 0.15) is 5.75 Å². The largest absolute Gasteiger partial charge is 0.494 e. The summed E-state index contributed by atoms with van der Waals surface area (Å²) >= 11 is 0. The molecular formula is C23H34N2O3. The summed E-state index contributed by atoms with van der Waals surface area (Å²) in [7, 11) is 0. The fraction of sp³-hybridized carbons (Fsp3) is 0.652. The molecule has 2 aliphatic rings. The highest BCUT2D eigenvalue weighted by molar-refractivity contribution is 6.00. The van der Waals surface area contributed by atoms with Gasteiger partial charge in [0.25, 0.3) is 0 Å². The van der Waals surface area contributed by atoms with Gasteiger partial charge in [-0.15, -0.1) is 0 Å². The first-order valence-electron chi connectivity index (χ1n) is 10.6. The number of carbonyl (C=O) groups excluding carboxylic acids is 2. The summed E-state index contributed by atoms with van der Waals surface area (Å²) in [6.45, 7) is 9.91. The molecule has 1 saturated carbocycles. The molecule has 1 aromatic rings. The monoisotopic (exact) mass is 386 g/mol. The molecule has 0 radical (unpaired) electrons. The average molecular weight is 387 g/mol. The number of hydrogen-bond donors (Lipinski definition) is 1. The maximum atomic E-state index is 12.7. The Morgan fingerprint density at radius 3 is 2.36 bits per heavy atom. The second kappa shape index (κ2) is 8.54. The minimum atomic E-state index is -0.264. The van der Waals surface area contributed by atoms with Crippen molar-refractivity contribution < 1.29 is 14.3 Å². The Morgan fingerprint density at radius 1 is 1.14 bits per heavy atom. The number of benzene rings is 1. The van der Waals surface area contributed by atoms with Gasteiger partial charge < -0.3 is 15.0 Å². The van der Waals surface area contributed by atoms with E-state index in [9.17, 15) is 9.59 Å². The molecule has 3 rings (SSSR count). The number of amides is 2. The first-order valence-corrected chi connectivity index (χ1v) is 10.6. The molecule has 1 N–H and O–H groups in total. The van der Waals surface area contributed by atoms with Gasteiger partial charge in [-0.1, -0.05) is 20.8 Å². The second-order valence-corrected chi connectivity index (χ2v) is 9.26. The number of carbonyl (C=O) groups is 2. The molecule has 5 heteroatoms. The van der Waals surface area contributed by atoms with Crippen LogP contribution in [0.3, 0.4) is 0 Å². The Labute approximate surface area is 168 Å². The van der Waals surface area contributed by atoms with Crippen LogP contribution in [0.25, 0.3) is 0 Å². The maximum Gasteiger partial charge on any atom is 0.227 e. The SMILES string of the molecule is CCOc1ccc(N2C[C@H](C(=O)NC3CCC(C(C)(C)C)CC3)CC2=O)cc1. The molecule has 154 valence electrons. The molecule has 0 spiro atoms. The van der Waals surface area contributed by atoms with Gasteiger partial charge in [0.15, 0.2) is 0 Å². The van der Waals surface area contributed by atoms with Crippen molar-refractivity contribution in [3.63, 3.8) is 0 Å². The highest BCUT2D eigenvalue weighted by Gasteiger charge is 2.37. The lowest BCUT2D eigenvalue weighted by molar-refractivity contribution is -0.127. The molecule has 1 aliphatic carbocycles. The van der Waals surface area contributed by atoms with Crippen molar-refractivity contribution in [2.45, 2.75) is 65.8 Å². The van der Waals surface area contributed by atoms with Gasteiger partial charge in [0, 0.05) is 24.7 Å². The van der Waals surface area contributed by atoms with Crippen molar-refractivity contribution in [1.29, 1.82) is 0 Å². The van der Waals surface area contributed by atoms with Gasteiger partial charge in [-0.25, -0.2) is 0 Å². The lowest BCUT2D eigenvalue weighted by Crippen LogP contribution is -2.42. The topological polar surface area (TPSA) is 58.6 Å². The van der Waals surface area contributed by atoms with Crippen molar-refractivity contribution in [3.05, 3.63) is 24.3 Å². The first-order chi connectivity index (χ1) is 13.3. The van der Waals surface area contributed by atoms with E-state index in [2.05, 4.69) is 26.1 Å². The van der Waals surface area contributed by atoms with Crippen LogP contribution in [0.15, 0.2) is 24.3 Å². The normalized spacial score (nSPS) is 25.6. The number of nitrogens with one attached hydrogen (secondary N) is 1. The van der Waals surface area contributed by atoms with Crippen LogP contribution in [0.2, 0.25) is 0 Å². The van der Waals surface area contributed by atoms with Gasteiger partial charge in [-0.3, -0.25) is 9.59 Å². The fourth-order valence-electron chi connectivity index (χ4n) is 4.44. The summed E-state index contributed by atoms with van der Waals surface area (Å²) in [6.07, 6.45) is 4.69. The summed E-state index contributed by atoms with van der Waals surface area (Å²) in [5.41, 5.74) is 1.17. The van der Waals surface area contributed by atoms with Gasteiger partial charge in [0.2, 0.25) is 11.8 Å². The van der Waals surface area contributed by atoms with Crippen LogP contribution in [0.1, 0.15) is 59.8 Å². The number of anilines is 1. The zero-order valence-electron chi connectivity index (χ0n) is 17.7. The Kier molecular flexibility index (Phi) is 6.31. The Balaban J connectivity index is 1.53. The first kappa shape index (κ1) is 20.7. The van der Waals surface area contributed by atoms with Crippen LogP contribution < -0.4 is 15.0 Å². The minimum Gasteiger partial charge on any atom is -0.494 e. The van der Waals surface area contributed by atoms with Crippen molar-refractivity contribution in [1.82, 2.24) is 5.32 Å². The van der Waals surface area contributed by atoms with Crippen LogP contribution in [-0.2, 0) is 9.59 Å². The van der Waals surface area contributed by atoms with E-state index in [4.69, 9.17) is 4.74 Å². The van der Waals surface area contributed by atoms with Crippen LogP contribution >= 0.6 is 0 Å². The summed E-state index contributed by atoms with van der Waals surface area (Å²) in [5.74, 6) is 1.29. The molecule has 0 unspecified atom stereocenters. The Morgan fingerprint density at radius 2 is 1.79 bits per heavy atom. The minimum absolute atomic E-state index is 0.0146. The van der Waals surface area contributed by atoms with Gasteiger partial charge >= 0.3 is 0 Å². The Bertz CT molecular complexity index is 685. The van der Waals surface area contributed by atoms with E-state index in [1.807, 2.05) is 31.2 Å². The highest BCUT2D eigenvalue weighted by Crippen LogP contribution is 2.38. The summed E-state index contributed by atoms with van der Waals surface area (Å²) in [6, 6.07) is 7.76. The summed E-state index contributed by atoms with van der Waals surface area (Å²) in [4.78, 5) is 26.9. The zero-order chi connectivity index (χ0) is 20.3. The highest BCUT2D eigenvalue weighted by atomic mass is 16.5. The smallest absolute Gasteiger partial charge is 0.227 e. The average Bonchev–Trinajstić information content (AvgIpc) is 3.04. The van der Waals surface area contributed by atoms with Crippen LogP contribution in [0, 0.1) is 17.3 Å². The molecule has 1 atom stereocenters. The third-order valence-electron chi connectivity index (χ3n) is 6.25. The summed E-state index contributed by atoms with van der Waals surface area (Å²) < 4.78 is 5.46. The van der Waals surface area contributed by atoms with E-state index in [0.29, 0.717) is 18.6 Å². The van der Waals surface area contributed by atoms with Crippen LogP contribution in [-0.4, -0.2) is 31.0 Å². The van der Waals surface area contributed by atoms with Gasteiger partial charge in [0.05, 0.1) is 12.5 Å². The molecule has 5 nitrogen and oxygen atoms in total. The standard InChI is InChI=1S/C23H34N2O3/c1-5-28-20-12-10-19(11-13-20)25-15-16(14-21(25)26)22(27)24-18-8-6-17(7-9-18)23(2,3)4/h10-13,16-18H,5-9,14-15H2,1-4H3,(H,24,27)/t16-,17?,18?/m1/s1. The van der Waals surface area contributed by atoms with E-state index in [0.717, 1.165) is 43.0 Å². The summed E-state index contributed by atoms with van der Waals surface area (Å²) in [5, 5.41) is 3.21. The molecular weight excluding hydrogens is 352 g/mol. The lowest BCUT2D eigenvalue weighted by Gasteiger charge is -2.37. The van der Waals surface area contributed by atoms with Gasteiger partial charge in [-0.05, 0) is 68.2 Å². The van der Waals surface area contributed by atoms with Crippen LogP contribution in [0.4, 0.5) is 5.69 Å². The van der Waals surface area contributed by atoms with Crippen LogP contribution in [0.5, 0.6) is 5.75 Å². The number of nitrogens with zero attached hydrogens (tertiary/aromatic N) is 1. The Hall–Kier alpha value is -2.04. The van der Waals surface area contributed by atoms with Crippen molar-refractivity contribution in [2.24, 2.45) is 17.3 Å². The predicted octanol–water partition coefficient (Wildman–Crippen LogP) is 4.16. The fourth-order valence-corrected chi connectivity index (χ4v) is 4.44. The zero-order valence-corrected chi connectivity index (χ0v) is 17.7. The second-order valence-electron chi connectivity index (χ2n) is 9.26. The van der Waals surface area contributed by atoms with Crippen molar-refractivity contribution >= 4 is 17.5 Å². The lowest BCUT2D eigenvalue weighted by atomic mass is 9.71. The quantitative estimate of drug-likeness (QED) is 0.827. The number of hydrogen-bond acceptors (Lipinski definition) is 3. The molecule has 28 heavy (non-hydrogen) atoms. The van der Waals surface area contributed by atoms with E-state index >= 15 is 0 Å². The maximum absolute atomic E-state index is 12.7. The third kappa shape index (κ3) is 4.86. The number of rotatable bonds is 5. The number of ether oxygens (including phenoxy) is 1. The van der Waals surface area contributed by atoms with E-state index < -0.39 is 0 Å². The molecule has 1 aliphatic heterocycles. The third-order valence-corrected chi connectivity index (χ3v) is 6.25.